The van der Waals surface area contributed by atoms with E-state index in [9.17, 15) is 14.9 Å². The Kier molecular flexibility index (Phi) is 3.88. The van der Waals surface area contributed by atoms with Crippen molar-refractivity contribution in [3.05, 3.63) is 50.9 Å². The van der Waals surface area contributed by atoms with Crippen LogP contribution in [0.4, 0.5) is 11.4 Å². The quantitative estimate of drug-likeness (QED) is 0.501. The maximum absolute atomic E-state index is 12.1. The first-order valence-electron chi connectivity index (χ1n) is 6.14. The zero-order valence-electron chi connectivity index (χ0n) is 11.5. The lowest BCUT2D eigenvalue weighted by Gasteiger charge is -2.06. The van der Waals surface area contributed by atoms with Gasteiger partial charge in [0.05, 0.1) is 10.6 Å². The molecule has 0 aliphatic carbocycles. The van der Waals surface area contributed by atoms with Gasteiger partial charge in [-0.1, -0.05) is 5.16 Å². The predicted molar refractivity (Wildman–Crippen MR) is 74.7 cm³/mol. The summed E-state index contributed by atoms with van der Waals surface area (Å²) in [5.41, 5.74) is 6.90. The normalized spacial score (nSPS) is 10.4. The number of nitrogens with zero attached hydrogens (tertiary/aromatic N) is 2. The fourth-order valence-electron chi connectivity index (χ4n) is 1.91. The number of aryl methyl sites for hydroxylation is 2. The summed E-state index contributed by atoms with van der Waals surface area (Å²) in [5, 5.41) is 17.3. The van der Waals surface area contributed by atoms with E-state index in [4.69, 9.17) is 10.3 Å². The van der Waals surface area contributed by atoms with Gasteiger partial charge in [-0.2, -0.15) is 0 Å². The van der Waals surface area contributed by atoms with E-state index in [1.54, 1.807) is 13.8 Å². The maximum atomic E-state index is 12.1. The molecule has 2 rings (SSSR count). The van der Waals surface area contributed by atoms with Crippen molar-refractivity contribution in [2.75, 3.05) is 5.73 Å². The summed E-state index contributed by atoms with van der Waals surface area (Å²) in [6.45, 7) is 3.65. The van der Waals surface area contributed by atoms with Crippen LogP contribution in [0.5, 0.6) is 0 Å². The Labute approximate surface area is 120 Å². The monoisotopic (exact) mass is 290 g/mol. The summed E-state index contributed by atoms with van der Waals surface area (Å²) in [6, 6.07) is 3.87. The molecule has 1 aromatic carbocycles. The van der Waals surface area contributed by atoms with Crippen LogP contribution in [0.1, 0.15) is 27.4 Å². The van der Waals surface area contributed by atoms with Crippen molar-refractivity contribution in [2.45, 2.75) is 20.4 Å². The van der Waals surface area contributed by atoms with Crippen molar-refractivity contribution in [3.63, 3.8) is 0 Å². The molecule has 0 aliphatic rings. The molecule has 110 valence electrons. The zero-order chi connectivity index (χ0) is 15.6. The van der Waals surface area contributed by atoms with Crippen molar-refractivity contribution >= 4 is 17.3 Å². The number of nitro groups is 1. The molecule has 0 unspecified atom stereocenters. The number of hydrogen-bond donors (Lipinski definition) is 2. The number of carbonyl (C=O) groups is 1. The number of aromatic nitrogens is 1. The number of nitrogens with one attached hydrogen (secondary N) is 1. The van der Waals surface area contributed by atoms with Crippen molar-refractivity contribution in [3.8, 4) is 0 Å². The maximum Gasteiger partial charge on any atom is 0.282 e. The van der Waals surface area contributed by atoms with Crippen LogP contribution in [0.3, 0.4) is 0 Å². The van der Waals surface area contributed by atoms with Crippen molar-refractivity contribution in [1.29, 1.82) is 0 Å². The van der Waals surface area contributed by atoms with E-state index in [0.717, 1.165) is 5.56 Å². The van der Waals surface area contributed by atoms with Crippen LogP contribution in [0.25, 0.3) is 0 Å². The summed E-state index contributed by atoms with van der Waals surface area (Å²) in [5.74, 6) is 0.0175. The predicted octanol–water partition coefficient (Wildman–Crippen LogP) is 1.71. The van der Waals surface area contributed by atoms with Crippen LogP contribution >= 0.6 is 0 Å². The topological polar surface area (TPSA) is 124 Å². The molecule has 0 aliphatic heterocycles. The fourth-order valence-corrected chi connectivity index (χ4v) is 1.91. The van der Waals surface area contributed by atoms with E-state index in [-0.39, 0.29) is 23.5 Å². The van der Waals surface area contributed by atoms with Crippen LogP contribution < -0.4 is 11.1 Å². The first-order valence-corrected chi connectivity index (χ1v) is 6.14. The number of amides is 1. The highest BCUT2D eigenvalue weighted by molar-refractivity contribution is 5.99. The lowest BCUT2D eigenvalue weighted by atomic mass is 10.1. The van der Waals surface area contributed by atoms with Crippen LogP contribution in [-0.4, -0.2) is 16.0 Å². The Hall–Kier alpha value is -2.90. The zero-order valence-corrected chi connectivity index (χ0v) is 11.5. The van der Waals surface area contributed by atoms with Crippen molar-refractivity contribution in [1.82, 2.24) is 10.5 Å². The van der Waals surface area contributed by atoms with Gasteiger partial charge in [0.2, 0.25) is 0 Å². The third-order valence-corrected chi connectivity index (χ3v) is 3.07. The number of carbonyl (C=O) groups excluding carboxylic acids is 1. The molecule has 0 bridgehead atoms. The molecule has 1 heterocycles. The highest BCUT2D eigenvalue weighted by atomic mass is 16.6. The number of benzene rings is 1. The summed E-state index contributed by atoms with van der Waals surface area (Å²) < 4.78 is 4.98. The van der Waals surface area contributed by atoms with Gasteiger partial charge in [0, 0.05) is 23.9 Å². The van der Waals surface area contributed by atoms with Crippen molar-refractivity contribution in [2.24, 2.45) is 0 Å². The van der Waals surface area contributed by atoms with E-state index in [1.165, 1.54) is 18.2 Å². The smallest absolute Gasteiger partial charge is 0.282 e. The lowest BCUT2D eigenvalue weighted by Crippen LogP contribution is -2.24. The van der Waals surface area contributed by atoms with Gasteiger partial charge < -0.3 is 15.6 Å². The molecule has 8 nitrogen and oxygen atoms in total. The van der Waals surface area contributed by atoms with Gasteiger partial charge in [-0.25, -0.2) is 0 Å². The Bertz CT molecular complexity index is 689. The molecule has 0 fully saturated rings. The summed E-state index contributed by atoms with van der Waals surface area (Å²) >= 11 is 0. The molecule has 0 saturated heterocycles. The molecule has 21 heavy (non-hydrogen) atoms. The van der Waals surface area contributed by atoms with Crippen molar-refractivity contribution < 1.29 is 14.2 Å². The molecular weight excluding hydrogens is 276 g/mol. The van der Waals surface area contributed by atoms with E-state index in [0.29, 0.717) is 11.5 Å². The minimum absolute atomic E-state index is 0.0771. The number of nitrogen functional groups attached to an aromatic ring is 1. The number of hydrogen-bond acceptors (Lipinski definition) is 6. The lowest BCUT2D eigenvalue weighted by molar-refractivity contribution is -0.385. The van der Waals surface area contributed by atoms with Gasteiger partial charge in [-0.3, -0.25) is 14.9 Å². The van der Waals surface area contributed by atoms with E-state index in [1.807, 2.05) is 0 Å². The molecule has 8 heteroatoms. The minimum atomic E-state index is -0.621. The van der Waals surface area contributed by atoms with Crippen LogP contribution in [0, 0.1) is 24.0 Å². The number of nitro benzene ring substituents is 1. The Morgan fingerprint density at radius 3 is 2.76 bits per heavy atom. The van der Waals surface area contributed by atoms with E-state index < -0.39 is 10.8 Å². The van der Waals surface area contributed by atoms with E-state index >= 15 is 0 Å². The highest BCUT2D eigenvalue weighted by Crippen LogP contribution is 2.21. The molecule has 0 spiro atoms. The van der Waals surface area contributed by atoms with Gasteiger partial charge in [-0.05, 0) is 26.0 Å². The Balaban J connectivity index is 2.21. The van der Waals surface area contributed by atoms with Crippen LogP contribution in [0.2, 0.25) is 0 Å². The number of anilines is 1. The largest absolute Gasteiger partial charge is 0.399 e. The van der Waals surface area contributed by atoms with Gasteiger partial charge in [0.15, 0.2) is 0 Å². The first kappa shape index (κ1) is 14.5. The van der Waals surface area contributed by atoms with E-state index in [2.05, 4.69) is 10.5 Å². The van der Waals surface area contributed by atoms with Crippen LogP contribution in [0.15, 0.2) is 22.7 Å². The average molecular weight is 290 g/mol. The van der Waals surface area contributed by atoms with Gasteiger partial charge in [0.25, 0.3) is 11.6 Å². The second-order valence-electron chi connectivity index (χ2n) is 4.52. The molecule has 2 aromatic rings. The van der Waals surface area contributed by atoms with Gasteiger partial charge >= 0.3 is 0 Å². The molecular formula is C13H14N4O4. The summed E-state index contributed by atoms with van der Waals surface area (Å²) in [6.07, 6.45) is 0. The average Bonchev–Trinajstić information content (AvgIpc) is 2.75. The van der Waals surface area contributed by atoms with Crippen LogP contribution in [-0.2, 0) is 6.54 Å². The highest BCUT2D eigenvalue weighted by Gasteiger charge is 2.21. The number of rotatable bonds is 4. The molecule has 0 atom stereocenters. The SMILES string of the molecule is Cc1noc(C)c1CNC(=O)c1cc(N)ccc1[N+](=O)[O-]. The molecule has 0 saturated carbocycles. The van der Waals surface area contributed by atoms with Gasteiger partial charge in [0.1, 0.15) is 11.3 Å². The number of nitrogens with two attached hydrogens (primary N) is 1. The Morgan fingerprint density at radius 1 is 1.48 bits per heavy atom. The summed E-state index contributed by atoms with van der Waals surface area (Å²) in [4.78, 5) is 22.4. The summed E-state index contributed by atoms with van der Waals surface area (Å²) in [7, 11) is 0. The van der Waals surface area contributed by atoms with Gasteiger partial charge in [-0.15, -0.1) is 0 Å². The third-order valence-electron chi connectivity index (χ3n) is 3.07. The second-order valence-corrected chi connectivity index (χ2v) is 4.52. The third kappa shape index (κ3) is 2.99. The Morgan fingerprint density at radius 2 is 2.19 bits per heavy atom. The molecule has 0 radical (unpaired) electrons. The standard InChI is InChI=1S/C13H14N4O4/c1-7-11(8(2)21-16-7)6-15-13(18)10-5-9(14)3-4-12(10)17(19)20/h3-5H,6,14H2,1-2H3,(H,15,18). The molecule has 1 amide bonds. The fraction of sp³-hybridized carbons (Fsp3) is 0.231. The first-order chi connectivity index (χ1) is 9.90. The molecule has 3 N–H and O–H groups in total. The second kappa shape index (κ2) is 5.61. The molecule has 1 aromatic heterocycles. The minimum Gasteiger partial charge on any atom is -0.399 e.